The second-order valence-electron chi connectivity index (χ2n) is 7.13. The van der Waals surface area contributed by atoms with Gasteiger partial charge in [0, 0.05) is 6.54 Å². The molecule has 2 aromatic rings. The Morgan fingerprint density at radius 2 is 1.73 bits per heavy atom. The molecular weight excluding hydrogens is 384 g/mol. The van der Waals surface area contributed by atoms with E-state index >= 15 is 0 Å². The third kappa shape index (κ3) is 4.60. The molecule has 2 N–H and O–H groups in total. The number of likely N-dealkylation sites (N-methyl/N-ethyl adjacent to an activating group) is 1. The lowest BCUT2D eigenvalue weighted by Gasteiger charge is -2.25. The number of nitrogens with one attached hydrogen (secondary N) is 2. The first-order valence-corrected chi connectivity index (χ1v) is 9.84. The molecule has 4 amide bonds. The van der Waals surface area contributed by atoms with Crippen LogP contribution >= 0.6 is 0 Å². The summed E-state index contributed by atoms with van der Waals surface area (Å²) in [5.41, 5.74) is 1.93. The van der Waals surface area contributed by atoms with Gasteiger partial charge in [0.15, 0.2) is 0 Å². The van der Waals surface area contributed by atoms with E-state index < -0.39 is 23.4 Å². The summed E-state index contributed by atoms with van der Waals surface area (Å²) in [6.45, 7) is 2.74. The molecule has 3 rings (SSSR count). The lowest BCUT2D eigenvalue weighted by atomic mass is 9.87. The van der Waals surface area contributed by atoms with E-state index in [1.54, 1.807) is 36.2 Å². The first kappa shape index (κ1) is 21.3. The van der Waals surface area contributed by atoms with Crippen molar-refractivity contribution in [3.63, 3.8) is 0 Å². The average molecular weight is 410 g/mol. The van der Waals surface area contributed by atoms with Crippen LogP contribution in [-0.4, -0.2) is 54.5 Å². The third-order valence-corrected chi connectivity index (χ3v) is 5.02. The molecule has 0 saturated carbocycles. The lowest BCUT2D eigenvalue weighted by Crippen LogP contribution is -2.51. The molecule has 1 aliphatic rings. The molecule has 1 saturated heterocycles. The number of para-hydroxylation sites is 1. The number of rotatable bonds is 9. The molecule has 0 spiro atoms. The molecule has 1 fully saturated rings. The van der Waals surface area contributed by atoms with Crippen molar-refractivity contribution in [3.8, 4) is 5.75 Å². The first-order chi connectivity index (χ1) is 14.5. The van der Waals surface area contributed by atoms with E-state index in [2.05, 4.69) is 10.7 Å². The van der Waals surface area contributed by atoms with Crippen LogP contribution < -0.4 is 15.5 Å². The van der Waals surface area contributed by atoms with Crippen LogP contribution in [0.5, 0.6) is 5.75 Å². The van der Waals surface area contributed by atoms with Crippen molar-refractivity contribution in [2.24, 2.45) is 0 Å². The normalized spacial score (nSPS) is 18.4. The third-order valence-electron chi connectivity index (χ3n) is 5.02. The quantitative estimate of drug-likeness (QED) is 0.616. The fourth-order valence-electron chi connectivity index (χ4n) is 3.36. The van der Waals surface area contributed by atoms with Gasteiger partial charge in [-0.1, -0.05) is 55.5 Å². The molecule has 0 unspecified atom stereocenters. The molecule has 1 aliphatic heterocycles. The highest BCUT2D eigenvalue weighted by molar-refractivity contribution is 6.08. The van der Waals surface area contributed by atoms with E-state index in [1.165, 1.54) is 0 Å². The summed E-state index contributed by atoms with van der Waals surface area (Å²) in [7, 11) is 1.76. The molecule has 0 aromatic heterocycles. The Labute approximate surface area is 175 Å². The molecule has 0 radical (unpaired) electrons. The Morgan fingerprint density at radius 3 is 2.37 bits per heavy atom. The fraction of sp³-hybridized carbons (Fsp3) is 0.318. The number of nitrogens with zero attached hydrogens (tertiary/aromatic N) is 2. The average Bonchev–Trinajstić information content (AvgIpc) is 3.00. The SMILES string of the molecule is CC[C@]1(c2ccccc2)NC(=O)N(NC(=O)CN(C)CCOc2ccccc2)C1=O. The van der Waals surface area contributed by atoms with Crippen molar-refractivity contribution in [2.45, 2.75) is 18.9 Å². The molecule has 2 aromatic carbocycles. The number of hydrogen-bond acceptors (Lipinski definition) is 5. The van der Waals surface area contributed by atoms with Crippen LogP contribution in [0.2, 0.25) is 0 Å². The zero-order valence-electron chi connectivity index (χ0n) is 17.1. The van der Waals surface area contributed by atoms with Crippen molar-refractivity contribution < 1.29 is 19.1 Å². The topological polar surface area (TPSA) is 91.0 Å². The van der Waals surface area contributed by atoms with Gasteiger partial charge in [0.2, 0.25) is 0 Å². The van der Waals surface area contributed by atoms with Gasteiger partial charge in [-0.15, -0.1) is 0 Å². The summed E-state index contributed by atoms with van der Waals surface area (Å²) in [5, 5.41) is 3.50. The van der Waals surface area contributed by atoms with E-state index in [0.717, 1.165) is 10.8 Å². The molecule has 1 atom stereocenters. The standard InChI is InChI=1S/C22H26N4O4/c1-3-22(17-10-6-4-7-11-17)20(28)26(21(29)23-22)24-19(27)16-25(2)14-15-30-18-12-8-5-9-13-18/h4-13H,3,14-16H2,1-2H3,(H,23,29)(H,24,27)/t22-/m1/s1. The molecular formula is C22H26N4O4. The molecule has 0 aliphatic carbocycles. The van der Waals surface area contributed by atoms with Gasteiger partial charge in [-0.2, -0.15) is 5.01 Å². The van der Waals surface area contributed by atoms with Gasteiger partial charge in [0.25, 0.3) is 11.8 Å². The van der Waals surface area contributed by atoms with Crippen LogP contribution in [0, 0.1) is 0 Å². The zero-order valence-corrected chi connectivity index (χ0v) is 17.1. The number of carbonyl (C=O) groups excluding carboxylic acids is 3. The molecule has 8 heteroatoms. The van der Waals surface area contributed by atoms with Crippen LogP contribution in [0.3, 0.4) is 0 Å². The lowest BCUT2D eigenvalue weighted by molar-refractivity contribution is -0.139. The Balaban J connectivity index is 1.54. The minimum absolute atomic E-state index is 0.0136. The highest BCUT2D eigenvalue weighted by Gasteiger charge is 2.52. The number of carbonyl (C=O) groups is 3. The summed E-state index contributed by atoms with van der Waals surface area (Å²) in [6, 6.07) is 17.8. The minimum atomic E-state index is -1.18. The van der Waals surface area contributed by atoms with E-state index in [1.807, 2.05) is 43.3 Å². The second kappa shape index (κ2) is 9.41. The molecule has 8 nitrogen and oxygen atoms in total. The van der Waals surface area contributed by atoms with Crippen LogP contribution in [-0.2, 0) is 15.1 Å². The van der Waals surface area contributed by atoms with Gasteiger partial charge in [-0.25, -0.2) is 4.79 Å². The zero-order chi connectivity index (χ0) is 21.6. The molecule has 158 valence electrons. The maximum absolute atomic E-state index is 13.0. The van der Waals surface area contributed by atoms with E-state index in [9.17, 15) is 14.4 Å². The van der Waals surface area contributed by atoms with Gasteiger partial charge < -0.3 is 10.1 Å². The Kier molecular flexibility index (Phi) is 6.68. The molecule has 30 heavy (non-hydrogen) atoms. The monoisotopic (exact) mass is 410 g/mol. The fourth-order valence-corrected chi connectivity index (χ4v) is 3.36. The predicted octanol–water partition coefficient (Wildman–Crippen LogP) is 1.89. The summed E-state index contributed by atoms with van der Waals surface area (Å²) in [5.74, 6) is -0.197. The van der Waals surface area contributed by atoms with Crippen LogP contribution in [0.4, 0.5) is 4.79 Å². The maximum atomic E-state index is 13.0. The van der Waals surface area contributed by atoms with E-state index in [0.29, 0.717) is 25.1 Å². The summed E-state index contributed by atoms with van der Waals surface area (Å²) < 4.78 is 5.61. The van der Waals surface area contributed by atoms with Gasteiger partial charge >= 0.3 is 6.03 Å². The molecule has 0 bridgehead atoms. The van der Waals surface area contributed by atoms with Crippen molar-refractivity contribution in [1.82, 2.24) is 20.7 Å². The second-order valence-corrected chi connectivity index (χ2v) is 7.13. The smallest absolute Gasteiger partial charge is 0.344 e. The summed E-state index contributed by atoms with van der Waals surface area (Å²) in [4.78, 5) is 39.6. The maximum Gasteiger partial charge on any atom is 0.344 e. The van der Waals surface area contributed by atoms with Crippen molar-refractivity contribution >= 4 is 17.8 Å². The van der Waals surface area contributed by atoms with E-state index in [-0.39, 0.29) is 6.54 Å². The van der Waals surface area contributed by atoms with Crippen LogP contribution in [0.25, 0.3) is 0 Å². The Bertz CT molecular complexity index is 891. The summed E-state index contributed by atoms with van der Waals surface area (Å²) >= 11 is 0. The van der Waals surface area contributed by atoms with Gasteiger partial charge in [0.1, 0.15) is 17.9 Å². The largest absolute Gasteiger partial charge is 0.492 e. The van der Waals surface area contributed by atoms with E-state index in [4.69, 9.17) is 4.74 Å². The Morgan fingerprint density at radius 1 is 1.10 bits per heavy atom. The predicted molar refractivity (Wildman–Crippen MR) is 111 cm³/mol. The van der Waals surface area contributed by atoms with Crippen molar-refractivity contribution in [1.29, 1.82) is 0 Å². The van der Waals surface area contributed by atoms with Crippen LogP contribution in [0.1, 0.15) is 18.9 Å². The first-order valence-electron chi connectivity index (χ1n) is 9.84. The highest BCUT2D eigenvalue weighted by Crippen LogP contribution is 2.31. The number of amides is 4. The number of urea groups is 1. The van der Waals surface area contributed by atoms with Crippen LogP contribution in [0.15, 0.2) is 60.7 Å². The Hall–Kier alpha value is -3.39. The number of imide groups is 1. The van der Waals surface area contributed by atoms with Crippen molar-refractivity contribution in [2.75, 3.05) is 26.7 Å². The highest BCUT2D eigenvalue weighted by atomic mass is 16.5. The number of ether oxygens (including phenoxy) is 1. The minimum Gasteiger partial charge on any atom is -0.492 e. The number of hydrazine groups is 1. The van der Waals surface area contributed by atoms with Gasteiger partial charge in [-0.05, 0) is 31.2 Å². The number of hydrogen-bond donors (Lipinski definition) is 2. The van der Waals surface area contributed by atoms with Gasteiger partial charge in [0.05, 0.1) is 6.54 Å². The van der Waals surface area contributed by atoms with Crippen molar-refractivity contribution in [3.05, 3.63) is 66.2 Å². The number of benzene rings is 2. The molecule has 1 heterocycles. The summed E-state index contributed by atoms with van der Waals surface area (Å²) in [6.07, 6.45) is 0.366. The van der Waals surface area contributed by atoms with Gasteiger partial charge in [-0.3, -0.25) is 19.9 Å².